The number of carbonyl (C=O) groups is 3. The van der Waals surface area contributed by atoms with E-state index in [9.17, 15) is 24.8 Å². The lowest BCUT2D eigenvalue weighted by Gasteiger charge is -2.61. The predicted molar refractivity (Wildman–Crippen MR) is 193 cm³/mol. The lowest BCUT2D eigenvalue weighted by atomic mass is 9.71. The van der Waals surface area contributed by atoms with Crippen LogP contribution in [0.2, 0.25) is 0 Å². The van der Waals surface area contributed by atoms with Gasteiger partial charge in [0.1, 0.15) is 31.0 Å². The number of nitriles is 1. The first-order valence-electron chi connectivity index (χ1n) is 17.7. The fourth-order valence-corrected chi connectivity index (χ4v) is 10.5. The molecular formula is C39H40N4O10S. The highest BCUT2D eigenvalue weighted by Crippen LogP contribution is 2.64. The number of fused-ring (bicyclic) bond motifs is 10. The van der Waals surface area contributed by atoms with Crippen molar-refractivity contribution < 1.29 is 47.9 Å². The van der Waals surface area contributed by atoms with Gasteiger partial charge in [-0.25, -0.2) is 9.59 Å². The third-order valence-corrected chi connectivity index (χ3v) is 12.6. The monoisotopic (exact) mass is 756 g/mol. The molecule has 6 heterocycles. The summed E-state index contributed by atoms with van der Waals surface area (Å²) in [4.78, 5) is 44.0. The molecule has 7 atom stereocenters. The lowest BCUT2D eigenvalue weighted by molar-refractivity contribution is -0.151. The fourth-order valence-electron chi connectivity index (χ4n) is 8.97. The molecule has 3 aromatic carbocycles. The first-order valence-corrected chi connectivity index (χ1v) is 18.8. The minimum atomic E-state index is -1.11. The summed E-state index contributed by atoms with van der Waals surface area (Å²) >= 11 is 1.35. The Kier molecular flexibility index (Phi) is 9.23. The van der Waals surface area contributed by atoms with E-state index in [1.54, 1.807) is 6.92 Å². The second-order valence-electron chi connectivity index (χ2n) is 14.1. The van der Waals surface area contributed by atoms with E-state index in [1.807, 2.05) is 50.4 Å². The average molecular weight is 757 g/mol. The molecule has 282 valence electrons. The Morgan fingerprint density at radius 1 is 1.09 bits per heavy atom. The molecule has 1 amide bonds. The summed E-state index contributed by atoms with van der Waals surface area (Å²) in [5, 5.41) is 25.0. The second kappa shape index (κ2) is 13.9. The minimum Gasteiger partial charge on any atom is -0.504 e. The van der Waals surface area contributed by atoms with Crippen molar-refractivity contribution in [1.82, 2.24) is 15.1 Å². The van der Waals surface area contributed by atoms with Crippen molar-refractivity contribution in [2.75, 3.05) is 33.3 Å². The normalized spacial score (nSPS) is 26.7. The van der Waals surface area contributed by atoms with Gasteiger partial charge in [-0.3, -0.25) is 14.6 Å². The van der Waals surface area contributed by atoms with Gasteiger partial charge in [-0.05, 0) is 44.0 Å². The number of methoxy groups -OCH3 is 1. The maximum atomic E-state index is 13.8. The number of piperazine rings is 1. The Morgan fingerprint density at radius 3 is 2.57 bits per heavy atom. The molecule has 15 heteroatoms. The molecule has 0 aliphatic carbocycles. The van der Waals surface area contributed by atoms with Crippen LogP contribution < -0.4 is 24.3 Å². The number of hydrogen-bond acceptors (Lipinski definition) is 14. The van der Waals surface area contributed by atoms with Crippen molar-refractivity contribution in [3.8, 4) is 34.8 Å². The van der Waals surface area contributed by atoms with Crippen molar-refractivity contribution in [1.29, 1.82) is 5.26 Å². The summed E-state index contributed by atoms with van der Waals surface area (Å²) in [5.41, 5.74) is 4.95. The molecule has 14 nitrogen and oxygen atoms in total. The number of nitrogens with zero attached hydrogens (tertiary/aromatic N) is 3. The van der Waals surface area contributed by atoms with Gasteiger partial charge < -0.3 is 38.8 Å². The average Bonchev–Trinajstić information content (AvgIpc) is 3.64. The van der Waals surface area contributed by atoms with Crippen LogP contribution in [0.15, 0.2) is 36.4 Å². The van der Waals surface area contributed by atoms with Crippen molar-refractivity contribution in [3.05, 3.63) is 75.3 Å². The van der Waals surface area contributed by atoms with Crippen LogP contribution in [0.4, 0.5) is 4.79 Å². The third kappa shape index (κ3) is 5.66. The van der Waals surface area contributed by atoms with E-state index in [4.69, 9.17) is 28.4 Å². The summed E-state index contributed by atoms with van der Waals surface area (Å²) in [7, 11) is 3.47. The van der Waals surface area contributed by atoms with Gasteiger partial charge in [0.2, 0.25) is 6.79 Å². The molecule has 2 unspecified atom stereocenters. The predicted octanol–water partition coefficient (Wildman–Crippen LogP) is 4.53. The van der Waals surface area contributed by atoms with Crippen LogP contribution >= 0.6 is 11.8 Å². The molecule has 4 bridgehead atoms. The van der Waals surface area contributed by atoms with E-state index in [0.717, 1.165) is 16.7 Å². The van der Waals surface area contributed by atoms with Crippen molar-refractivity contribution >= 4 is 29.8 Å². The molecule has 0 spiro atoms. The first kappa shape index (κ1) is 35.8. The largest absolute Gasteiger partial charge is 0.504 e. The molecule has 3 aromatic rings. The van der Waals surface area contributed by atoms with Crippen LogP contribution in [0.3, 0.4) is 0 Å². The molecule has 2 fully saturated rings. The van der Waals surface area contributed by atoms with Crippen LogP contribution in [0.25, 0.3) is 0 Å². The van der Waals surface area contributed by atoms with Gasteiger partial charge in [-0.2, -0.15) is 5.26 Å². The maximum absolute atomic E-state index is 13.8. The van der Waals surface area contributed by atoms with Gasteiger partial charge in [0.25, 0.3) is 0 Å². The quantitative estimate of drug-likeness (QED) is 0.275. The number of phenolic OH excluding ortho intramolecular Hbond substituents is 1. The number of likely N-dealkylation sites (N-methyl/N-ethyl adjacent to an activating group) is 1. The number of carbonyl (C=O) groups excluding carboxylic acids is 3. The summed E-state index contributed by atoms with van der Waals surface area (Å²) in [6, 6.07) is 9.83. The summed E-state index contributed by atoms with van der Waals surface area (Å²) in [5.74, 6) is 0.331. The number of rotatable bonds is 5. The fraction of sp³-hybridized carbons (Fsp3) is 0.436. The molecular weight excluding hydrogens is 717 g/mol. The highest BCUT2D eigenvalue weighted by molar-refractivity contribution is 7.99. The van der Waals surface area contributed by atoms with E-state index >= 15 is 0 Å². The maximum Gasteiger partial charge on any atom is 0.408 e. The molecule has 54 heavy (non-hydrogen) atoms. The minimum absolute atomic E-state index is 0.00542. The van der Waals surface area contributed by atoms with Crippen LogP contribution in [0.5, 0.6) is 28.7 Å². The van der Waals surface area contributed by atoms with Gasteiger partial charge in [-0.15, -0.1) is 11.8 Å². The third-order valence-electron chi connectivity index (χ3n) is 11.2. The van der Waals surface area contributed by atoms with Gasteiger partial charge >= 0.3 is 18.0 Å². The number of ether oxygens (including phenoxy) is 6. The smallest absolute Gasteiger partial charge is 0.408 e. The van der Waals surface area contributed by atoms with Crippen molar-refractivity contribution in [3.63, 3.8) is 0 Å². The van der Waals surface area contributed by atoms with Gasteiger partial charge in [0.05, 0.1) is 30.5 Å². The van der Waals surface area contributed by atoms with Crippen LogP contribution in [0, 0.1) is 25.2 Å². The van der Waals surface area contributed by atoms with E-state index < -0.39 is 53.5 Å². The zero-order valence-corrected chi connectivity index (χ0v) is 31.2. The van der Waals surface area contributed by atoms with E-state index in [2.05, 4.69) is 21.2 Å². The molecule has 9 rings (SSSR count). The zero-order chi connectivity index (χ0) is 38.0. The molecule has 6 aliphatic rings. The van der Waals surface area contributed by atoms with Gasteiger partial charge in [0, 0.05) is 47.0 Å². The molecule has 0 radical (unpaired) electrons. The van der Waals surface area contributed by atoms with Crippen LogP contribution in [0.1, 0.15) is 63.2 Å². The number of thioether (sulfide) groups is 1. The van der Waals surface area contributed by atoms with Gasteiger partial charge in [-0.1, -0.05) is 36.4 Å². The van der Waals surface area contributed by atoms with Crippen molar-refractivity contribution in [2.45, 2.75) is 75.3 Å². The summed E-state index contributed by atoms with van der Waals surface area (Å²) in [6.07, 6.45) is -0.315. The van der Waals surface area contributed by atoms with Crippen LogP contribution in [-0.2, 0) is 32.1 Å². The standard InChI is InChI=1S/C39H40N4O10S/c1-18-11-22-12-24-25(13-40)43-26-15-49-38(46)23(41-39(47)50-14-21-9-7-6-8-10-21)16-54-37(31(43)30(42(24)4)27(22)32(45)33(18)48-5)29-28(26)36-35(51-17-52-36)19(2)34(29)53-20(3)44/h6-11,23-26,30-31,37,45H,12,14-17H2,1-5H3,(H,41,47)/t23-,24-,25?,26-,30+,31?,37+/m0/s1. The Balaban J connectivity index is 1.30. The molecule has 0 aromatic heterocycles. The van der Waals surface area contributed by atoms with Gasteiger partial charge in [0.15, 0.2) is 23.0 Å². The molecule has 0 saturated carbocycles. The number of benzene rings is 3. The Labute approximate surface area is 316 Å². The SMILES string of the molecule is COc1c(C)cc2c(c1O)[C@@H]1C3[C@@H]4SC[C@H](NC(=O)OCc5ccccc5)C(=O)OC[C@@H](c5c6c(c(C)c(OC(C)=O)c54)OCO6)N3C(C#N)[C@H](C2)N1C. The highest BCUT2D eigenvalue weighted by atomic mass is 32.2. The Bertz CT molecular complexity index is 2090. The lowest BCUT2D eigenvalue weighted by Crippen LogP contribution is -2.69. The highest BCUT2D eigenvalue weighted by Gasteiger charge is 2.60. The summed E-state index contributed by atoms with van der Waals surface area (Å²) < 4.78 is 35.4. The summed E-state index contributed by atoms with van der Waals surface area (Å²) in [6.45, 7) is 4.70. The second-order valence-corrected chi connectivity index (χ2v) is 15.3. The van der Waals surface area contributed by atoms with Crippen molar-refractivity contribution in [2.24, 2.45) is 0 Å². The van der Waals surface area contributed by atoms with E-state index in [1.165, 1.54) is 25.8 Å². The topological polar surface area (TPSA) is 169 Å². The number of esters is 2. The number of amides is 1. The molecule has 6 aliphatic heterocycles. The first-order chi connectivity index (χ1) is 26.0. The molecule has 2 N–H and O–H groups in total. The number of aryl methyl sites for hydroxylation is 1. The number of nitrogens with one attached hydrogen (secondary N) is 1. The molecule has 2 saturated heterocycles. The number of phenols is 1. The van der Waals surface area contributed by atoms with Crippen LogP contribution in [-0.4, -0.2) is 90.4 Å². The Hall–Kier alpha value is -5.17. The number of aromatic hydroxyl groups is 1. The zero-order valence-electron chi connectivity index (χ0n) is 30.4. The number of hydrogen-bond donors (Lipinski definition) is 2. The number of alkyl carbamates (subject to hydrolysis) is 1. The van der Waals surface area contributed by atoms with E-state index in [-0.39, 0.29) is 37.6 Å². The Morgan fingerprint density at radius 2 is 1.85 bits per heavy atom. The van der Waals surface area contributed by atoms with E-state index in [0.29, 0.717) is 51.7 Å².